The Kier molecular flexibility index (Phi) is 3.64. The van der Waals surface area contributed by atoms with Gasteiger partial charge in [-0.2, -0.15) is 0 Å². The minimum atomic E-state index is 0.0455. The lowest BCUT2D eigenvalue weighted by Gasteiger charge is -2.23. The molecule has 0 amide bonds. The van der Waals surface area contributed by atoms with Crippen LogP contribution in [0, 0.1) is 0 Å². The lowest BCUT2D eigenvalue weighted by Crippen LogP contribution is -2.14. The lowest BCUT2D eigenvalue weighted by molar-refractivity contribution is 0.660. The molecule has 1 heterocycles. The molecule has 152 valence electrons. The van der Waals surface area contributed by atoms with Gasteiger partial charge >= 0.3 is 0 Å². The van der Waals surface area contributed by atoms with Gasteiger partial charge < -0.3 is 0 Å². The average Bonchev–Trinajstić information content (AvgIpc) is 3.06. The standard InChI is InChI=1S/C31H22S/c1-31(2)26-14-4-3-10-22(26)25-18-20(16-17-27(25)31)21-11-7-13-24-23-12-5-8-19-9-6-15-28(29(19)23)32-30(21)24/h3-18H,1-2H3. The molecule has 0 saturated heterocycles. The van der Waals surface area contributed by atoms with Crippen molar-refractivity contribution in [3.05, 3.63) is 108 Å². The Morgan fingerprint density at radius 2 is 1.25 bits per heavy atom. The van der Waals surface area contributed by atoms with Gasteiger partial charge in [-0.05, 0) is 62.0 Å². The van der Waals surface area contributed by atoms with Crippen LogP contribution in [0.4, 0.5) is 0 Å². The molecule has 0 bridgehead atoms. The predicted molar refractivity (Wildman–Crippen MR) is 137 cm³/mol. The van der Waals surface area contributed by atoms with Gasteiger partial charge in [0.05, 0.1) is 0 Å². The third kappa shape index (κ3) is 2.35. The smallest absolute Gasteiger partial charge is 0.0279 e. The van der Waals surface area contributed by atoms with Gasteiger partial charge in [0.2, 0.25) is 0 Å². The highest BCUT2D eigenvalue weighted by atomic mass is 32.2. The van der Waals surface area contributed by atoms with E-state index >= 15 is 0 Å². The molecule has 1 aliphatic heterocycles. The molecule has 0 spiro atoms. The molecule has 0 nitrogen and oxygen atoms in total. The summed E-state index contributed by atoms with van der Waals surface area (Å²) in [5.41, 5.74) is 11.0. The average molecular weight is 427 g/mol. The van der Waals surface area contributed by atoms with Crippen molar-refractivity contribution in [3.63, 3.8) is 0 Å². The first kappa shape index (κ1) is 18.3. The number of rotatable bonds is 1. The molecule has 0 unspecified atom stereocenters. The fraction of sp³-hybridized carbons (Fsp3) is 0.0968. The SMILES string of the molecule is CC1(C)c2ccccc2-c2cc(-c3cccc4c3Sc3cccc5cccc-4c35)ccc21. The predicted octanol–water partition coefficient (Wildman–Crippen LogP) is 8.94. The Balaban J connectivity index is 1.46. The van der Waals surface area contributed by atoms with E-state index in [0.717, 1.165) is 0 Å². The van der Waals surface area contributed by atoms with Gasteiger partial charge in [0.1, 0.15) is 0 Å². The molecule has 1 heteroatoms. The van der Waals surface area contributed by atoms with Crippen LogP contribution in [0.15, 0.2) is 107 Å². The molecule has 32 heavy (non-hydrogen) atoms. The van der Waals surface area contributed by atoms with E-state index in [1.54, 1.807) is 0 Å². The molecule has 5 aromatic carbocycles. The number of hydrogen-bond acceptors (Lipinski definition) is 1. The van der Waals surface area contributed by atoms with Gasteiger partial charge in [-0.1, -0.05) is 111 Å². The summed E-state index contributed by atoms with van der Waals surface area (Å²) in [6.07, 6.45) is 0. The van der Waals surface area contributed by atoms with Gasteiger partial charge in [-0.25, -0.2) is 0 Å². The van der Waals surface area contributed by atoms with E-state index in [4.69, 9.17) is 0 Å². The Morgan fingerprint density at radius 3 is 2.16 bits per heavy atom. The zero-order chi connectivity index (χ0) is 21.4. The number of benzene rings is 5. The Bertz CT molecular complexity index is 1570. The third-order valence-corrected chi connectivity index (χ3v) is 8.48. The Hall–Kier alpha value is -3.29. The molecule has 7 rings (SSSR count). The molecular weight excluding hydrogens is 404 g/mol. The van der Waals surface area contributed by atoms with E-state index < -0.39 is 0 Å². The molecule has 0 fully saturated rings. The summed E-state index contributed by atoms with van der Waals surface area (Å²) in [6, 6.07) is 36.1. The summed E-state index contributed by atoms with van der Waals surface area (Å²) in [6.45, 7) is 4.68. The summed E-state index contributed by atoms with van der Waals surface area (Å²) >= 11 is 1.92. The van der Waals surface area contributed by atoms with Crippen molar-refractivity contribution >= 4 is 22.5 Å². The van der Waals surface area contributed by atoms with Gasteiger partial charge in [0.15, 0.2) is 0 Å². The maximum Gasteiger partial charge on any atom is 0.0279 e. The van der Waals surface area contributed by atoms with Crippen molar-refractivity contribution in [2.24, 2.45) is 0 Å². The van der Waals surface area contributed by atoms with Crippen molar-refractivity contribution < 1.29 is 0 Å². The van der Waals surface area contributed by atoms with Crippen LogP contribution >= 0.6 is 11.8 Å². The van der Waals surface area contributed by atoms with Crippen molar-refractivity contribution in [3.8, 4) is 33.4 Å². The van der Waals surface area contributed by atoms with Gasteiger partial charge in [-0.3, -0.25) is 0 Å². The molecule has 0 radical (unpaired) electrons. The van der Waals surface area contributed by atoms with Gasteiger partial charge in [0.25, 0.3) is 0 Å². The lowest BCUT2D eigenvalue weighted by atomic mass is 9.82. The molecule has 0 atom stereocenters. The quantitative estimate of drug-likeness (QED) is 0.253. The summed E-state index contributed by atoms with van der Waals surface area (Å²) < 4.78 is 0. The molecule has 1 aliphatic carbocycles. The van der Waals surface area contributed by atoms with Crippen molar-refractivity contribution in [2.45, 2.75) is 29.1 Å². The van der Waals surface area contributed by atoms with E-state index in [2.05, 4.69) is 111 Å². The first-order valence-electron chi connectivity index (χ1n) is 11.2. The minimum absolute atomic E-state index is 0.0455. The van der Waals surface area contributed by atoms with E-state index in [1.807, 2.05) is 11.8 Å². The van der Waals surface area contributed by atoms with E-state index in [0.29, 0.717) is 0 Å². The van der Waals surface area contributed by atoms with Crippen molar-refractivity contribution in [1.82, 2.24) is 0 Å². The van der Waals surface area contributed by atoms with E-state index in [1.165, 1.54) is 65.1 Å². The monoisotopic (exact) mass is 426 g/mol. The van der Waals surface area contributed by atoms with E-state index in [-0.39, 0.29) is 5.41 Å². The van der Waals surface area contributed by atoms with Crippen molar-refractivity contribution in [2.75, 3.05) is 0 Å². The van der Waals surface area contributed by atoms with E-state index in [9.17, 15) is 0 Å². The van der Waals surface area contributed by atoms with Crippen LogP contribution in [-0.2, 0) is 5.41 Å². The maximum atomic E-state index is 2.42. The Morgan fingerprint density at radius 1 is 0.562 bits per heavy atom. The largest absolute Gasteiger partial charge is 0.0881 e. The molecule has 0 aromatic heterocycles. The first-order chi connectivity index (χ1) is 15.6. The maximum absolute atomic E-state index is 2.42. The van der Waals surface area contributed by atoms with Crippen LogP contribution in [-0.4, -0.2) is 0 Å². The van der Waals surface area contributed by atoms with Crippen molar-refractivity contribution in [1.29, 1.82) is 0 Å². The first-order valence-corrected chi connectivity index (χ1v) is 12.0. The van der Waals surface area contributed by atoms with Crippen LogP contribution < -0.4 is 0 Å². The summed E-state index contributed by atoms with van der Waals surface area (Å²) in [4.78, 5) is 2.72. The highest BCUT2D eigenvalue weighted by molar-refractivity contribution is 8.00. The second-order valence-corrected chi connectivity index (χ2v) is 10.4. The van der Waals surface area contributed by atoms with Gasteiger partial charge in [-0.15, -0.1) is 0 Å². The Labute approximate surface area is 192 Å². The zero-order valence-corrected chi connectivity index (χ0v) is 19.0. The normalized spacial score (nSPS) is 14.7. The number of fused-ring (bicyclic) bond motifs is 5. The fourth-order valence-corrected chi connectivity index (χ4v) is 6.98. The minimum Gasteiger partial charge on any atom is -0.0881 e. The third-order valence-electron chi connectivity index (χ3n) is 7.28. The van der Waals surface area contributed by atoms with Crippen LogP contribution in [0.5, 0.6) is 0 Å². The topological polar surface area (TPSA) is 0 Å². The molecule has 0 N–H and O–H groups in total. The highest BCUT2D eigenvalue weighted by Gasteiger charge is 2.35. The molecule has 0 saturated carbocycles. The molecular formula is C31H22S. The fourth-order valence-electron chi connectivity index (χ4n) is 5.70. The van der Waals surface area contributed by atoms with Crippen LogP contribution in [0.3, 0.4) is 0 Å². The molecule has 2 aliphatic rings. The number of hydrogen-bond donors (Lipinski definition) is 0. The summed E-state index contributed by atoms with van der Waals surface area (Å²) in [7, 11) is 0. The highest BCUT2D eigenvalue weighted by Crippen LogP contribution is 2.53. The van der Waals surface area contributed by atoms with Crippen LogP contribution in [0.2, 0.25) is 0 Å². The molecule has 5 aromatic rings. The second-order valence-electron chi connectivity index (χ2n) is 9.38. The second kappa shape index (κ2) is 6.37. The van der Waals surface area contributed by atoms with Crippen LogP contribution in [0.1, 0.15) is 25.0 Å². The van der Waals surface area contributed by atoms with Crippen LogP contribution in [0.25, 0.3) is 44.2 Å². The summed E-state index contributed by atoms with van der Waals surface area (Å²) in [5.74, 6) is 0. The summed E-state index contributed by atoms with van der Waals surface area (Å²) in [5, 5.41) is 2.70. The zero-order valence-electron chi connectivity index (χ0n) is 18.1. The van der Waals surface area contributed by atoms with Gasteiger partial charge in [0, 0.05) is 20.6 Å².